The Morgan fingerprint density at radius 1 is 1.06 bits per heavy atom. The Balaban J connectivity index is 1.40. The van der Waals surface area contributed by atoms with Crippen LogP contribution in [0.2, 0.25) is 0 Å². The third-order valence-corrected chi connectivity index (χ3v) is 6.06. The average Bonchev–Trinajstić information content (AvgIpc) is 3.17. The van der Waals surface area contributed by atoms with E-state index >= 15 is 0 Å². The molecule has 1 fully saturated rings. The number of aromatic nitrogens is 3. The minimum absolute atomic E-state index is 0.226. The zero-order chi connectivity index (χ0) is 22.3. The van der Waals surface area contributed by atoms with Crippen LogP contribution in [0.4, 0.5) is 4.79 Å². The first-order valence-electron chi connectivity index (χ1n) is 11.2. The molecule has 0 unspecified atom stereocenters. The fraction of sp³-hybridized carbons (Fsp3) is 0.346. The standard InChI is InChI=1S/C26H28N4O2/c1-26(2,3)32-25(31)30-14-10-17(11-15-30)22-16-18(8-12-27-22)19-9-13-28-24-23(19)20-6-4-5-7-21(20)29-24/h4-9,12-13,16-17H,10-11,14-15H2,1-3H3,(H,28,29). The van der Waals surface area contributed by atoms with Crippen LogP contribution in [0.5, 0.6) is 0 Å². The SMILES string of the molecule is CC(C)(C)OC(=O)N1CCC(c2cc(-c3ccnc4[nH]c5ccccc5c34)ccn2)CC1. The van der Waals surface area contributed by atoms with Gasteiger partial charge in [-0.05, 0) is 69.0 Å². The second-order valence-electron chi connectivity index (χ2n) is 9.46. The number of hydrogen-bond acceptors (Lipinski definition) is 4. The van der Waals surface area contributed by atoms with Crippen LogP contribution in [0.25, 0.3) is 33.1 Å². The summed E-state index contributed by atoms with van der Waals surface area (Å²) in [5.74, 6) is 0.328. The van der Waals surface area contributed by atoms with E-state index in [2.05, 4.69) is 51.4 Å². The zero-order valence-corrected chi connectivity index (χ0v) is 18.8. The van der Waals surface area contributed by atoms with Crippen LogP contribution in [0.15, 0.2) is 54.9 Å². The maximum absolute atomic E-state index is 12.4. The highest BCUT2D eigenvalue weighted by Crippen LogP contribution is 2.35. The van der Waals surface area contributed by atoms with Crippen LogP contribution in [0.3, 0.4) is 0 Å². The highest BCUT2D eigenvalue weighted by molar-refractivity contribution is 6.12. The summed E-state index contributed by atoms with van der Waals surface area (Å²) in [5.41, 5.74) is 4.89. The van der Waals surface area contributed by atoms with Crippen molar-refractivity contribution in [3.8, 4) is 11.1 Å². The highest BCUT2D eigenvalue weighted by atomic mass is 16.6. The second-order valence-corrected chi connectivity index (χ2v) is 9.46. The summed E-state index contributed by atoms with van der Waals surface area (Å²) in [7, 11) is 0. The number of pyridine rings is 2. The van der Waals surface area contributed by atoms with Gasteiger partial charge in [-0.1, -0.05) is 18.2 Å². The minimum Gasteiger partial charge on any atom is -0.444 e. The number of ether oxygens (including phenoxy) is 1. The van der Waals surface area contributed by atoms with Crippen LogP contribution in [-0.2, 0) is 4.74 Å². The monoisotopic (exact) mass is 428 g/mol. The van der Waals surface area contributed by atoms with E-state index in [1.807, 2.05) is 44.1 Å². The van der Waals surface area contributed by atoms with Crippen molar-refractivity contribution in [2.24, 2.45) is 0 Å². The Kier molecular flexibility index (Phi) is 5.08. The predicted octanol–water partition coefficient (Wildman–Crippen LogP) is 5.89. The summed E-state index contributed by atoms with van der Waals surface area (Å²) in [4.78, 5) is 26.8. The molecule has 0 aliphatic carbocycles. The summed E-state index contributed by atoms with van der Waals surface area (Å²) in [5, 5.41) is 2.31. The summed E-state index contributed by atoms with van der Waals surface area (Å²) < 4.78 is 5.53. The number of aromatic amines is 1. The van der Waals surface area contributed by atoms with Gasteiger partial charge in [0.25, 0.3) is 0 Å². The van der Waals surface area contributed by atoms with E-state index in [0.717, 1.165) is 46.2 Å². The fourth-order valence-corrected chi connectivity index (χ4v) is 4.53. The first kappa shape index (κ1) is 20.5. The Morgan fingerprint density at radius 3 is 2.59 bits per heavy atom. The van der Waals surface area contributed by atoms with Gasteiger partial charge in [-0.15, -0.1) is 0 Å². The number of nitrogens with one attached hydrogen (secondary N) is 1. The lowest BCUT2D eigenvalue weighted by Crippen LogP contribution is -2.41. The molecule has 32 heavy (non-hydrogen) atoms. The van der Waals surface area contributed by atoms with E-state index < -0.39 is 5.60 Å². The van der Waals surface area contributed by atoms with Gasteiger partial charge in [-0.3, -0.25) is 4.98 Å². The molecule has 0 radical (unpaired) electrons. The molecule has 1 aliphatic rings. The Morgan fingerprint density at radius 2 is 1.81 bits per heavy atom. The number of benzene rings is 1. The number of carbonyl (C=O) groups excluding carboxylic acids is 1. The van der Waals surface area contributed by atoms with Crippen molar-refractivity contribution in [3.63, 3.8) is 0 Å². The minimum atomic E-state index is -0.470. The molecule has 164 valence electrons. The number of piperidine rings is 1. The molecule has 1 N–H and O–H groups in total. The Bertz CT molecular complexity index is 1280. The smallest absolute Gasteiger partial charge is 0.410 e. The molecule has 0 saturated carbocycles. The van der Waals surface area contributed by atoms with E-state index in [4.69, 9.17) is 4.74 Å². The summed E-state index contributed by atoms with van der Waals surface area (Å²) in [6, 6.07) is 14.6. The number of H-pyrrole nitrogens is 1. The molecule has 0 spiro atoms. The molecule has 1 aromatic carbocycles. The van der Waals surface area contributed by atoms with Crippen molar-refractivity contribution in [2.45, 2.75) is 45.1 Å². The van der Waals surface area contributed by atoms with Gasteiger partial charge in [0, 0.05) is 53.4 Å². The van der Waals surface area contributed by atoms with Gasteiger partial charge in [0.2, 0.25) is 0 Å². The summed E-state index contributed by atoms with van der Waals surface area (Å²) >= 11 is 0. The summed E-state index contributed by atoms with van der Waals surface area (Å²) in [6.07, 6.45) is 5.29. The number of rotatable bonds is 2. The number of hydrogen-bond donors (Lipinski definition) is 1. The first-order chi connectivity index (χ1) is 15.4. The van der Waals surface area contributed by atoms with Crippen molar-refractivity contribution in [2.75, 3.05) is 13.1 Å². The number of para-hydroxylation sites is 1. The quantitative estimate of drug-likeness (QED) is 0.432. The Labute approximate surface area is 187 Å². The highest BCUT2D eigenvalue weighted by Gasteiger charge is 2.28. The van der Waals surface area contributed by atoms with Crippen LogP contribution < -0.4 is 0 Å². The van der Waals surface area contributed by atoms with Crippen molar-refractivity contribution < 1.29 is 9.53 Å². The zero-order valence-electron chi connectivity index (χ0n) is 18.8. The number of carbonyl (C=O) groups is 1. The molecule has 5 rings (SSSR count). The molecule has 1 aliphatic heterocycles. The first-order valence-corrected chi connectivity index (χ1v) is 11.2. The maximum atomic E-state index is 12.4. The van der Waals surface area contributed by atoms with Gasteiger partial charge in [0.1, 0.15) is 11.2 Å². The third-order valence-electron chi connectivity index (χ3n) is 6.06. The third kappa shape index (κ3) is 3.93. The molecular weight excluding hydrogens is 400 g/mol. The van der Waals surface area contributed by atoms with E-state index in [0.29, 0.717) is 19.0 Å². The second kappa shape index (κ2) is 7.93. The normalized spacial score (nSPS) is 15.4. The molecule has 0 atom stereocenters. The van der Waals surface area contributed by atoms with Crippen LogP contribution >= 0.6 is 0 Å². The molecule has 3 aromatic heterocycles. The van der Waals surface area contributed by atoms with Crippen LogP contribution in [0, 0.1) is 0 Å². The van der Waals surface area contributed by atoms with E-state index in [-0.39, 0.29) is 6.09 Å². The van der Waals surface area contributed by atoms with Gasteiger partial charge in [0.05, 0.1) is 0 Å². The molecule has 1 amide bonds. The van der Waals surface area contributed by atoms with Crippen LogP contribution in [0.1, 0.15) is 45.2 Å². The lowest BCUT2D eigenvalue weighted by Gasteiger charge is -2.33. The van der Waals surface area contributed by atoms with E-state index in [1.54, 1.807) is 0 Å². The number of fused-ring (bicyclic) bond motifs is 3. The summed E-state index contributed by atoms with van der Waals surface area (Å²) in [6.45, 7) is 7.07. The molecular formula is C26H28N4O2. The number of likely N-dealkylation sites (tertiary alicyclic amines) is 1. The van der Waals surface area contributed by atoms with Gasteiger partial charge in [-0.2, -0.15) is 0 Å². The molecule has 4 aromatic rings. The average molecular weight is 429 g/mol. The van der Waals surface area contributed by atoms with Gasteiger partial charge in [-0.25, -0.2) is 9.78 Å². The van der Waals surface area contributed by atoms with Gasteiger partial charge >= 0.3 is 6.09 Å². The number of nitrogens with zero attached hydrogens (tertiary/aromatic N) is 3. The predicted molar refractivity (Wildman–Crippen MR) is 127 cm³/mol. The largest absolute Gasteiger partial charge is 0.444 e. The van der Waals surface area contributed by atoms with Gasteiger partial charge < -0.3 is 14.6 Å². The van der Waals surface area contributed by atoms with Gasteiger partial charge in [0.15, 0.2) is 0 Å². The van der Waals surface area contributed by atoms with Crippen LogP contribution in [-0.4, -0.2) is 44.6 Å². The van der Waals surface area contributed by atoms with Crippen molar-refractivity contribution in [1.82, 2.24) is 19.9 Å². The van der Waals surface area contributed by atoms with Crippen molar-refractivity contribution in [3.05, 3.63) is 60.6 Å². The molecule has 0 bridgehead atoms. The topological polar surface area (TPSA) is 71.1 Å². The number of amides is 1. The maximum Gasteiger partial charge on any atom is 0.410 e. The Hall–Kier alpha value is -3.41. The van der Waals surface area contributed by atoms with E-state index in [1.165, 1.54) is 5.39 Å². The van der Waals surface area contributed by atoms with Crippen molar-refractivity contribution >= 4 is 28.0 Å². The van der Waals surface area contributed by atoms with Crippen molar-refractivity contribution in [1.29, 1.82) is 0 Å². The molecule has 1 saturated heterocycles. The lowest BCUT2D eigenvalue weighted by molar-refractivity contribution is 0.0204. The fourth-order valence-electron chi connectivity index (χ4n) is 4.53. The molecule has 6 heteroatoms. The van der Waals surface area contributed by atoms with E-state index in [9.17, 15) is 4.79 Å². The lowest BCUT2D eigenvalue weighted by atomic mass is 9.91. The molecule has 6 nitrogen and oxygen atoms in total. The molecule has 4 heterocycles.